The minimum Gasteiger partial charge on any atom is -0.350 e. The molecule has 116 valence electrons. The summed E-state index contributed by atoms with van der Waals surface area (Å²) in [4.78, 5) is 14.5. The van der Waals surface area contributed by atoms with Gasteiger partial charge in [0.05, 0.1) is 0 Å². The van der Waals surface area contributed by atoms with Crippen molar-refractivity contribution in [3.8, 4) is 11.3 Å². The molecule has 0 radical (unpaired) electrons. The molecular weight excluding hydrogens is 276 g/mol. The SMILES string of the molecule is Cc1ccc(-c2cc(C(=O)N3CC(C)CC(C)C3)on2)cc1. The van der Waals surface area contributed by atoms with Gasteiger partial charge in [0.15, 0.2) is 0 Å². The molecule has 2 unspecified atom stereocenters. The Morgan fingerprint density at radius 3 is 2.45 bits per heavy atom. The van der Waals surface area contributed by atoms with Gasteiger partial charge in [-0.15, -0.1) is 0 Å². The number of piperidine rings is 1. The first kappa shape index (κ1) is 14.8. The Labute approximate surface area is 131 Å². The van der Waals surface area contributed by atoms with Crippen molar-refractivity contribution in [2.24, 2.45) is 11.8 Å². The summed E-state index contributed by atoms with van der Waals surface area (Å²) in [6, 6.07) is 9.79. The van der Waals surface area contributed by atoms with Crippen LogP contribution in [-0.2, 0) is 0 Å². The first-order valence-corrected chi connectivity index (χ1v) is 7.86. The number of hydrogen-bond donors (Lipinski definition) is 0. The summed E-state index contributed by atoms with van der Waals surface area (Å²) < 4.78 is 5.29. The molecule has 1 aliphatic rings. The smallest absolute Gasteiger partial charge is 0.292 e. The fourth-order valence-corrected chi connectivity index (χ4v) is 3.22. The molecule has 1 fully saturated rings. The van der Waals surface area contributed by atoms with E-state index in [1.165, 1.54) is 12.0 Å². The van der Waals surface area contributed by atoms with Crippen molar-refractivity contribution in [2.75, 3.05) is 13.1 Å². The largest absolute Gasteiger partial charge is 0.350 e. The molecule has 0 bridgehead atoms. The summed E-state index contributed by atoms with van der Waals surface area (Å²) in [6.07, 6.45) is 1.18. The van der Waals surface area contributed by atoms with Gasteiger partial charge in [-0.3, -0.25) is 4.79 Å². The number of benzene rings is 1. The minimum atomic E-state index is -0.0516. The Morgan fingerprint density at radius 1 is 1.18 bits per heavy atom. The summed E-state index contributed by atoms with van der Waals surface area (Å²) in [5, 5.41) is 4.05. The van der Waals surface area contributed by atoms with Crippen LogP contribution < -0.4 is 0 Å². The lowest BCUT2D eigenvalue weighted by molar-refractivity contribution is 0.0582. The fraction of sp³-hybridized carbons (Fsp3) is 0.444. The van der Waals surface area contributed by atoms with Crippen LogP contribution in [0.15, 0.2) is 34.9 Å². The third-order valence-electron chi connectivity index (χ3n) is 4.22. The molecule has 1 saturated heterocycles. The van der Waals surface area contributed by atoms with Gasteiger partial charge >= 0.3 is 0 Å². The Morgan fingerprint density at radius 2 is 1.82 bits per heavy atom. The molecule has 1 aromatic heterocycles. The van der Waals surface area contributed by atoms with E-state index in [1.54, 1.807) is 6.07 Å². The van der Waals surface area contributed by atoms with Crippen molar-refractivity contribution in [1.82, 2.24) is 10.1 Å². The van der Waals surface area contributed by atoms with Gasteiger partial charge in [-0.05, 0) is 25.2 Å². The average Bonchev–Trinajstić information content (AvgIpc) is 2.96. The van der Waals surface area contributed by atoms with Crippen LogP contribution in [0.2, 0.25) is 0 Å². The third-order valence-corrected chi connectivity index (χ3v) is 4.22. The van der Waals surface area contributed by atoms with Crippen molar-refractivity contribution in [3.63, 3.8) is 0 Å². The van der Waals surface area contributed by atoms with Gasteiger partial charge in [0.1, 0.15) is 5.69 Å². The first-order chi connectivity index (χ1) is 10.5. The second-order valence-electron chi connectivity index (χ2n) is 6.60. The van der Waals surface area contributed by atoms with Crippen LogP contribution in [0.25, 0.3) is 11.3 Å². The lowest BCUT2D eigenvalue weighted by Crippen LogP contribution is -2.42. The van der Waals surface area contributed by atoms with E-state index < -0.39 is 0 Å². The number of hydrogen-bond acceptors (Lipinski definition) is 3. The van der Waals surface area contributed by atoms with Crippen LogP contribution in [0.5, 0.6) is 0 Å². The Hall–Kier alpha value is -2.10. The predicted molar refractivity (Wildman–Crippen MR) is 85.5 cm³/mol. The highest BCUT2D eigenvalue weighted by atomic mass is 16.5. The van der Waals surface area contributed by atoms with E-state index in [9.17, 15) is 4.79 Å². The zero-order valence-electron chi connectivity index (χ0n) is 13.4. The standard InChI is InChI=1S/C18H22N2O2/c1-12-4-6-15(7-5-12)16-9-17(22-19-16)18(21)20-10-13(2)8-14(3)11-20/h4-7,9,13-14H,8,10-11H2,1-3H3. The van der Waals surface area contributed by atoms with E-state index in [1.807, 2.05) is 36.1 Å². The summed E-state index contributed by atoms with van der Waals surface area (Å²) in [6.45, 7) is 8.01. The summed E-state index contributed by atoms with van der Waals surface area (Å²) in [7, 11) is 0. The molecule has 4 nitrogen and oxygen atoms in total. The molecule has 1 aromatic carbocycles. The average molecular weight is 298 g/mol. The fourth-order valence-electron chi connectivity index (χ4n) is 3.22. The van der Waals surface area contributed by atoms with Gasteiger partial charge < -0.3 is 9.42 Å². The van der Waals surface area contributed by atoms with Crippen LogP contribution in [0.1, 0.15) is 36.4 Å². The number of aryl methyl sites for hydroxylation is 1. The normalized spacial score (nSPS) is 21.9. The van der Waals surface area contributed by atoms with Crippen LogP contribution in [0.4, 0.5) is 0 Å². The molecule has 4 heteroatoms. The number of rotatable bonds is 2. The van der Waals surface area contributed by atoms with Crippen LogP contribution in [0.3, 0.4) is 0 Å². The summed E-state index contributed by atoms with van der Waals surface area (Å²) in [5.74, 6) is 1.35. The van der Waals surface area contributed by atoms with Crippen molar-refractivity contribution < 1.29 is 9.32 Å². The molecule has 0 saturated carbocycles. The zero-order valence-corrected chi connectivity index (χ0v) is 13.4. The maximum Gasteiger partial charge on any atom is 0.292 e. The Kier molecular flexibility index (Phi) is 4.01. The highest BCUT2D eigenvalue weighted by Crippen LogP contribution is 2.24. The molecule has 1 aliphatic heterocycles. The predicted octanol–water partition coefficient (Wildman–Crippen LogP) is 3.77. The molecule has 2 heterocycles. The molecule has 0 aliphatic carbocycles. The molecule has 1 amide bonds. The Bertz CT molecular complexity index is 650. The lowest BCUT2D eigenvalue weighted by Gasteiger charge is -2.34. The van der Waals surface area contributed by atoms with Crippen molar-refractivity contribution in [1.29, 1.82) is 0 Å². The molecule has 0 spiro atoms. The van der Waals surface area contributed by atoms with Gasteiger partial charge in [0, 0.05) is 24.7 Å². The summed E-state index contributed by atoms with van der Waals surface area (Å²) >= 11 is 0. The van der Waals surface area contributed by atoms with E-state index in [4.69, 9.17) is 4.52 Å². The van der Waals surface area contributed by atoms with Gasteiger partial charge in [0.2, 0.25) is 5.76 Å². The van der Waals surface area contributed by atoms with Crippen molar-refractivity contribution >= 4 is 5.91 Å². The molecule has 0 N–H and O–H groups in total. The zero-order chi connectivity index (χ0) is 15.7. The monoisotopic (exact) mass is 298 g/mol. The van der Waals surface area contributed by atoms with E-state index in [-0.39, 0.29) is 5.91 Å². The summed E-state index contributed by atoms with van der Waals surface area (Å²) in [5.41, 5.74) is 2.87. The van der Waals surface area contributed by atoms with Gasteiger partial charge in [-0.25, -0.2) is 0 Å². The number of carbonyl (C=O) groups excluding carboxylic acids is 1. The highest BCUT2D eigenvalue weighted by molar-refractivity contribution is 5.92. The number of carbonyl (C=O) groups is 1. The van der Waals surface area contributed by atoms with Gasteiger partial charge in [0.25, 0.3) is 5.91 Å². The second-order valence-corrected chi connectivity index (χ2v) is 6.60. The quantitative estimate of drug-likeness (QED) is 0.848. The topological polar surface area (TPSA) is 46.3 Å². The van der Waals surface area contributed by atoms with Crippen molar-refractivity contribution in [2.45, 2.75) is 27.2 Å². The van der Waals surface area contributed by atoms with Crippen LogP contribution in [-0.4, -0.2) is 29.1 Å². The maximum atomic E-state index is 12.6. The van der Waals surface area contributed by atoms with Crippen LogP contribution in [0, 0.1) is 18.8 Å². The molecule has 2 aromatic rings. The Balaban J connectivity index is 1.78. The molecule has 2 atom stereocenters. The third kappa shape index (κ3) is 3.06. The first-order valence-electron chi connectivity index (χ1n) is 7.86. The van der Waals surface area contributed by atoms with Gasteiger partial charge in [-0.1, -0.05) is 48.8 Å². The van der Waals surface area contributed by atoms with Gasteiger partial charge in [-0.2, -0.15) is 0 Å². The molecular formula is C18H22N2O2. The lowest BCUT2D eigenvalue weighted by atomic mass is 9.92. The van der Waals surface area contributed by atoms with E-state index >= 15 is 0 Å². The van der Waals surface area contributed by atoms with Crippen LogP contribution >= 0.6 is 0 Å². The van der Waals surface area contributed by atoms with Crippen molar-refractivity contribution in [3.05, 3.63) is 41.7 Å². The molecule has 3 rings (SSSR count). The second kappa shape index (κ2) is 5.95. The van der Waals surface area contributed by atoms with E-state index in [0.29, 0.717) is 23.3 Å². The van der Waals surface area contributed by atoms with E-state index in [2.05, 4.69) is 19.0 Å². The molecule has 22 heavy (non-hydrogen) atoms. The minimum absolute atomic E-state index is 0.0516. The maximum absolute atomic E-state index is 12.6. The number of nitrogens with zero attached hydrogens (tertiary/aromatic N) is 2. The van der Waals surface area contributed by atoms with E-state index in [0.717, 1.165) is 18.7 Å². The highest BCUT2D eigenvalue weighted by Gasteiger charge is 2.28. The number of amides is 1. The number of aromatic nitrogens is 1. The number of likely N-dealkylation sites (tertiary alicyclic amines) is 1.